The molecule has 1 heterocycles. The zero-order chi connectivity index (χ0) is 13.9. The summed E-state index contributed by atoms with van der Waals surface area (Å²) >= 11 is 0. The van der Waals surface area contributed by atoms with Gasteiger partial charge in [0.1, 0.15) is 0 Å². The summed E-state index contributed by atoms with van der Waals surface area (Å²) in [5.41, 5.74) is 1.46. The molecule has 0 aliphatic carbocycles. The first-order valence-electron chi connectivity index (χ1n) is 6.33. The maximum absolute atomic E-state index is 11.8. The number of unbranched alkanes of at least 4 members (excludes halogenated alkanes) is 2. The molecule has 19 heavy (non-hydrogen) atoms. The minimum atomic E-state index is -3.29. The Bertz CT molecular complexity index is 745. The molecule has 0 unspecified atom stereocenters. The minimum Gasteiger partial charge on any atom is -0.244 e. The largest absolute Gasteiger partial charge is 0.244 e. The van der Waals surface area contributed by atoms with Gasteiger partial charge in [-0.1, -0.05) is 43.4 Å². The quantitative estimate of drug-likeness (QED) is 0.638. The van der Waals surface area contributed by atoms with Crippen molar-refractivity contribution in [3.8, 4) is 11.8 Å². The van der Waals surface area contributed by atoms with Crippen molar-refractivity contribution in [3.63, 3.8) is 0 Å². The Morgan fingerprint density at radius 1 is 1.26 bits per heavy atom. The van der Waals surface area contributed by atoms with Crippen molar-refractivity contribution in [1.82, 2.24) is 3.97 Å². The van der Waals surface area contributed by atoms with Gasteiger partial charge in [-0.3, -0.25) is 0 Å². The number of hydrogen-bond acceptors (Lipinski definition) is 2. The minimum absolute atomic E-state index is 0.685. The highest BCUT2D eigenvalue weighted by Crippen LogP contribution is 2.21. The summed E-state index contributed by atoms with van der Waals surface area (Å²) < 4.78 is 24.8. The molecule has 1 aromatic heterocycles. The molecule has 0 fully saturated rings. The van der Waals surface area contributed by atoms with Gasteiger partial charge in [0.15, 0.2) is 0 Å². The Balaban J connectivity index is 2.53. The van der Waals surface area contributed by atoms with Gasteiger partial charge in [-0.05, 0) is 12.5 Å². The molecule has 0 N–H and O–H groups in total. The molecule has 0 aliphatic rings. The Kier molecular flexibility index (Phi) is 3.96. The van der Waals surface area contributed by atoms with Crippen molar-refractivity contribution in [2.45, 2.75) is 26.2 Å². The van der Waals surface area contributed by atoms with E-state index in [2.05, 4.69) is 18.8 Å². The predicted octanol–water partition coefficient (Wildman–Crippen LogP) is 2.99. The van der Waals surface area contributed by atoms with Gasteiger partial charge in [-0.25, -0.2) is 12.4 Å². The molecule has 0 radical (unpaired) electrons. The van der Waals surface area contributed by atoms with Crippen LogP contribution in [0.2, 0.25) is 0 Å². The van der Waals surface area contributed by atoms with Crippen LogP contribution in [0.5, 0.6) is 0 Å². The maximum atomic E-state index is 11.8. The summed E-state index contributed by atoms with van der Waals surface area (Å²) in [5.74, 6) is 6.18. The lowest BCUT2D eigenvalue weighted by Crippen LogP contribution is -2.07. The Morgan fingerprint density at radius 2 is 2.00 bits per heavy atom. The van der Waals surface area contributed by atoms with E-state index in [0.29, 0.717) is 5.52 Å². The molecule has 0 aliphatic heterocycles. The number of fused-ring (bicyclic) bond motifs is 1. The third kappa shape index (κ3) is 2.99. The van der Waals surface area contributed by atoms with Crippen molar-refractivity contribution >= 4 is 20.9 Å². The Hall–Kier alpha value is -1.73. The van der Waals surface area contributed by atoms with Gasteiger partial charge < -0.3 is 0 Å². The van der Waals surface area contributed by atoms with E-state index >= 15 is 0 Å². The van der Waals surface area contributed by atoms with Crippen molar-refractivity contribution in [2.24, 2.45) is 0 Å². The number of para-hydroxylation sites is 1. The molecule has 100 valence electrons. The number of benzene rings is 1. The lowest BCUT2D eigenvalue weighted by molar-refractivity contribution is 0.595. The van der Waals surface area contributed by atoms with Gasteiger partial charge in [0.2, 0.25) is 10.0 Å². The molecule has 0 saturated heterocycles. The molecule has 0 bridgehead atoms. The molecule has 1 aromatic carbocycles. The molecule has 4 heteroatoms. The van der Waals surface area contributed by atoms with Crippen LogP contribution in [0.1, 0.15) is 31.7 Å². The normalized spacial score (nSPS) is 11.3. The van der Waals surface area contributed by atoms with Gasteiger partial charge in [0.25, 0.3) is 0 Å². The van der Waals surface area contributed by atoms with Crippen LogP contribution in [0.15, 0.2) is 30.5 Å². The average Bonchev–Trinajstić information content (AvgIpc) is 2.74. The van der Waals surface area contributed by atoms with Crippen LogP contribution in [-0.4, -0.2) is 18.6 Å². The molecule has 0 atom stereocenters. The molecule has 0 saturated carbocycles. The van der Waals surface area contributed by atoms with Crippen LogP contribution < -0.4 is 0 Å². The van der Waals surface area contributed by atoms with Gasteiger partial charge in [-0.15, -0.1) is 0 Å². The fourth-order valence-corrected chi connectivity index (χ4v) is 2.76. The molecule has 2 aromatic rings. The smallest absolute Gasteiger partial charge is 0.236 e. The number of hydrogen-bond donors (Lipinski definition) is 0. The third-order valence-corrected chi connectivity index (χ3v) is 3.93. The maximum Gasteiger partial charge on any atom is 0.236 e. The van der Waals surface area contributed by atoms with Gasteiger partial charge >= 0.3 is 0 Å². The van der Waals surface area contributed by atoms with E-state index in [1.807, 2.05) is 18.2 Å². The van der Waals surface area contributed by atoms with Gasteiger partial charge in [-0.2, -0.15) is 0 Å². The molecule has 2 rings (SSSR count). The molecule has 3 nitrogen and oxygen atoms in total. The van der Waals surface area contributed by atoms with E-state index < -0.39 is 10.0 Å². The summed E-state index contributed by atoms with van der Waals surface area (Å²) in [6, 6.07) is 7.43. The monoisotopic (exact) mass is 275 g/mol. The fourth-order valence-electron chi connectivity index (χ4n) is 1.95. The Labute approximate surface area is 114 Å². The lowest BCUT2D eigenvalue weighted by Gasteiger charge is -2.00. The second kappa shape index (κ2) is 5.50. The fraction of sp³-hybridized carbons (Fsp3) is 0.333. The van der Waals surface area contributed by atoms with Crippen LogP contribution in [0.4, 0.5) is 0 Å². The highest BCUT2D eigenvalue weighted by Gasteiger charge is 2.12. The second-order valence-electron chi connectivity index (χ2n) is 4.52. The number of rotatable bonds is 3. The SMILES string of the molecule is CCCCC#Cc1cn(S(C)(=O)=O)c2ccccc12. The van der Waals surface area contributed by atoms with Crippen LogP contribution in [0.25, 0.3) is 10.9 Å². The van der Waals surface area contributed by atoms with Gasteiger partial charge in [0, 0.05) is 18.0 Å². The summed E-state index contributed by atoms with van der Waals surface area (Å²) in [6.45, 7) is 2.12. The van der Waals surface area contributed by atoms with Crippen molar-refractivity contribution in [1.29, 1.82) is 0 Å². The molecule has 0 amide bonds. The first kappa shape index (κ1) is 13.7. The van der Waals surface area contributed by atoms with Crippen LogP contribution in [0.3, 0.4) is 0 Å². The van der Waals surface area contributed by atoms with E-state index in [-0.39, 0.29) is 0 Å². The predicted molar refractivity (Wildman–Crippen MR) is 78.6 cm³/mol. The second-order valence-corrected chi connectivity index (χ2v) is 6.38. The van der Waals surface area contributed by atoms with Crippen LogP contribution in [0, 0.1) is 11.8 Å². The summed E-state index contributed by atoms with van der Waals surface area (Å²) in [7, 11) is -3.29. The number of aromatic nitrogens is 1. The van der Waals surface area contributed by atoms with Crippen molar-refractivity contribution in [3.05, 3.63) is 36.0 Å². The standard InChI is InChI=1S/C15H17NO2S/c1-3-4-5-6-9-13-12-16(19(2,17)18)15-11-8-7-10-14(13)15/h7-8,10-12H,3-5H2,1-2H3. The third-order valence-electron chi connectivity index (χ3n) is 2.91. The molecular weight excluding hydrogens is 258 g/mol. The van der Waals surface area contributed by atoms with E-state index in [1.54, 1.807) is 12.3 Å². The summed E-state index contributed by atoms with van der Waals surface area (Å²) in [5, 5.41) is 0.886. The van der Waals surface area contributed by atoms with Crippen molar-refractivity contribution < 1.29 is 8.42 Å². The van der Waals surface area contributed by atoms with Crippen molar-refractivity contribution in [2.75, 3.05) is 6.26 Å². The van der Waals surface area contributed by atoms with Crippen LogP contribution in [-0.2, 0) is 10.0 Å². The zero-order valence-electron chi connectivity index (χ0n) is 11.2. The average molecular weight is 275 g/mol. The highest BCUT2D eigenvalue weighted by molar-refractivity contribution is 7.89. The van der Waals surface area contributed by atoms with E-state index in [9.17, 15) is 8.42 Å². The zero-order valence-corrected chi connectivity index (χ0v) is 12.0. The van der Waals surface area contributed by atoms with E-state index in [0.717, 1.165) is 30.2 Å². The number of nitrogens with zero attached hydrogens (tertiary/aromatic N) is 1. The van der Waals surface area contributed by atoms with E-state index in [1.165, 1.54) is 10.2 Å². The molecular formula is C15H17NO2S. The Morgan fingerprint density at radius 3 is 2.68 bits per heavy atom. The summed E-state index contributed by atoms with van der Waals surface area (Å²) in [6.07, 6.45) is 5.83. The van der Waals surface area contributed by atoms with E-state index in [4.69, 9.17) is 0 Å². The van der Waals surface area contributed by atoms with Crippen LogP contribution >= 0.6 is 0 Å². The summed E-state index contributed by atoms with van der Waals surface area (Å²) in [4.78, 5) is 0. The first-order valence-corrected chi connectivity index (χ1v) is 8.18. The van der Waals surface area contributed by atoms with Gasteiger partial charge in [0.05, 0.1) is 17.3 Å². The highest BCUT2D eigenvalue weighted by atomic mass is 32.2. The topological polar surface area (TPSA) is 39.1 Å². The lowest BCUT2D eigenvalue weighted by atomic mass is 10.1. The molecule has 0 spiro atoms. The first-order chi connectivity index (χ1) is 9.04.